The van der Waals surface area contributed by atoms with Gasteiger partial charge in [-0.15, -0.1) is 0 Å². The monoisotopic (exact) mass is 2000 g/mol. The molecule has 31 heteroatoms. The molecule has 704 valence electrons. The first-order valence-electron chi connectivity index (χ1n) is 44.6. The highest BCUT2D eigenvalue weighted by Crippen LogP contribution is 2.64. The molecule has 1 fully saturated rings. The predicted molar refractivity (Wildman–Crippen MR) is 526 cm³/mol. The van der Waals surface area contributed by atoms with Gasteiger partial charge < -0.3 is 61.5 Å². The zero-order valence-corrected chi connectivity index (χ0v) is 85.2. The molecule has 4 unspecified atom stereocenters. The third-order valence-electron chi connectivity index (χ3n) is 25.2. The number of aryl methyl sites for hydroxylation is 2. The topological polar surface area (TPSA) is 239 Å². The van der Waals surface area contributed by atoms with Crippen molar-refractivity contribution in [2.45, 2.75) is 221 Å². The van der Waals surface area contributed by atoms with Crippen LogP contribution >= 0.6 is 110 Å². The number of esters is 2. The molecule has 2 amide bonds. The highest BCUT2D eigenvalue weighted by Gasteiger charge is 2.58. The molecule has 133 heavy (non-hydrogen) atoms. The lowest BCUT2D eigenvalue weighted by Gasteiger charge is -2.39. The maximum absolute atomic E-state index is 15.3. The van der Waals surface area contributed by atoms with Gasteiger partial charge in [-0.2, -0.15) is 10.5 Å². The van der Waals surface area contributed by atoms with Crippen LogP contribution in [0.4, 0.5) is 0 Å². The van der Waals surface area contributed by atoms with Crippen LogP contribution in [0.25, 0.3) is 0 Å². The summed E-state index contributed by atoms with van der Waals surface area (Å²) in [4.78, 5) is 57.8. The van der Waals surface area contributed by atoms with E-state index >= 15 is 4.79 Å². The molecule has 9 aromatic carbocycles. The van der Waals surface area contributed by atoms with Crippen molar-refractivity contribution in [3.8, 4) is 46.6 Å². The number of nitrogens with zero attached hydrogens (tertiary/aromatic N) is 5. The second kappa shape index (κ2) is 44.2. The fourth-order valence-electron chi connectivity index (χ4n) is 18.2. The quantitative estimate of drug-likeness (QED) is 0.0166. The number of rotatable bonds is 36. The molecular formula is C102H110Cl8N6O15P2. The van der Waals surface area contributed by atoms with E-state index in [4.69, 9.17) is 149 Å². The van der Waals surface area contributed by atoms with Gasteiger partial charge in [-0.25, -0.2) is 18.9 Å². The summed E-state index contributed by atoms with van der Waals surface area (Å²) >= 11 is 54.3. The van der Waals surface area contributed by atoms with Crippen molar-refractivity contribution in [1.82, 2.24) is 19.6 Å². The molecule has 0 bridgehead atoms. The average molecular weight is 2010 g/mol. The number of amides is 2. The maximum Gasteiger partial charge on any atom is 0.340 e. The van der Waals surface area contributed by atoms with Crippen molar-refractivity contribution in [2.24, 2.45) is 0 Å². The highest BCUT2D eigenvalue weighted by atomic mass is 35.5. The summed E-state index contributed by atoms with van der Waals surface area (Å²) in [5, 5.41) is 24.0. The lowest BCUT2D eigenvalue weighted by molar-refractivity contribution is -0.134. The molecule has 1 N–H and O–H groups in total. The minimum atomic E-state index is -1.65. The van der Waals surface area contributed by atoms with Gasteiger partial charge in [-0.1, -0.05) is 160 Å². The lowest BCUT2D eigenvalue weighted by atomic mass is 9.75. The van der Waals surface area contributed by atoms with E-state index in [1.807, 2.05) is 137 Å². The SMILES string of the molecule is COc1ccc(C(OC[C@@H]2C[C@@H](OP(OCCC#N)N(C(C)C)C(C)C)CN2C(=O)CCc2cc3c(c(Cl)c2C)Oc2c(cc(Cl)c(C)c2C)C32OC(=O)c3cc(Cl)c(Cl)cc32)(c2ccccc2)c2ccc(OC)cc2)cc1.Cc1c(Cl)cc2c(c1C)Oc1c(cc(CCC(=O)NCCCCCCOP(OCCC#N)N(C(C)C)C(C)C)c(C)c1Cl)C21OC(=O)c2cc(Cl)c(Cl)cc21. The van der Waals surface area contributed by atoms with Crippen molar-refractivity contribution in [3.63, 3.8) is 0 Å². The third-order valence-corrected chi connectivity index (χ3v) is 32.6. The largest absolute Gasteiger partial charge is 0.497 e. The van der Waals surface area contributed by atoms with Crippen LogP contribution in [0.15, 0.2) is 127 Å². The normalized spacial score (nSPS) is 17.2. The van der Waals surface area contributed by atoms with E-state index in [1.165, 1.54) is 12.1 Å². The Kier molecular flexibility index (Phi) is 34.0. The summed E-state index contributed by atoms with van der Waals surface area (Å²) in [5.74, 6) is 1.61. The number of halogens is 8. The second-order valence-corrected chi connectivity index (χ2v) is 40.9. The Hall–Kier alpha value is -8.06. The van der Waals surface area contributed by atoms with Crippen LogP contribution < -0.4 is 24.3 Å². The number of methoxy groups -OCH3 is 2. The van der Waals surface area contributed by atoms with E-state index in [2.05, 4.69) is 82.2 Å². The molecule has 2 spiro atoms. The van der Waals surface area contributed by atoms with E-state index < -0.39 is 57.9 Å². The van der Waals surface area contributed by atoms with Gasteiger partial charge in [0.2, 0.25) is 11.8 Å². The molecule has 1 saturated heterocycles. The fraction of sp³-hybridized carbons (Fsp3) is 0.412. The van der Waals surface area contributed by atoms with Crippen LogP contribution in [0.5, 0.6) is 34.5 Å². The van der Waals surface area contributed by atoms with Gasteiger partial charge in [-0.05, 0) is 263 Å². The van der Waals surface area contributed by atoms with E-state index in [-0.39, 0.29) is 113 Å². The molecule has 0 aliphatic carbocycles. The standard InChI is InChI=1S/C61H62Cl4N3O9P.C41H48Cl4N3O6P/c1-35(2)68(36(3)4)78(74-27-13-26-66)77-47-29-44(34-73-60(41-14-11-10-12-15-41,42-17-21-45(71-8)22-18-42)43-19-23-46(72-9)24-20-43)67(33-47)55(69)25-16-40-28-50-58(56(65)39(40)7)75-57-38(6)37(5)52(62)32-51(57)61(50)49-31-54(64)53(63)30-48(49)59(70)76-61;1-23(2)48(24(3)4)55(52-18-12-15-46)51-17-11-9-8-10-16-47-36(49)14-13-28-19-31-39(37(45)27(28)7)53-38-26(6)25(5)33(42)22-32(38)41(31)30-21-35(44)34(43)20-29(30)40(50)54-41/h10-12,14-15,17-24,28,30-32,35-36,44,47H,13,16,25,27,29,33-34H2,1-9H3;19-24H,8-14,16-18H2,1-7H3,(H,47,49)/t44-,47+,61?,78?;/m0./s1. The van der Waals surface area contributed by atoms with Crippen LogP contribution in [0.1, 0.15) is 228 Å². The average Bonchev–Trinajstić information content (AvgIpc) is 1.57. The van der Waals surface area contributed by atoms with E-state index in [9.17, 15) is 19.6 Å². The zero-order valence-electron chi connectivity index (χ0n) is 77.4. The first-order chi connectivity index (χ1) is 63.5. The molecule has 9 aromatic rings. The second-order valence-electron chi connectivity index (χ2n) is 34.8. The maximum atomic E-state index is 15.3. The summed E-state index contributed by atoms with van der Waals surface area (Å²) in [6.07, 6.45) is 5.03. The Morgan fingerprint density at radius 1 is 0.504 bits per heavy atom. The fourth-order valence-corrected chi connectivity index (χ4v) is 23.2. The Morgan fingerprint density at radius 2 is 0.917 bits per heavy atom. The van der Waals surface area contributed by atoms with E-state index in [1.54, 1.807) is 38.5 Å². The molecule has 5 aliphatic rings. The Morgan fingerprint density at radius 3 is 1.38 bits per heavy atom. The minimum Gasteiger partial charge on any atom is -0.497 e. The van der Waals surface area contributed by atoms with Gasteiger partial charge >= 0.3 is 11.9 Å². The number of hydrogen-bond acceptors (Lipinski definition) is 19. The predicted octanol–water partition coefficient (Wildman–Crippen LogP) is 26.7. The van der Waals surface area contributed by atoms with E-state index in [0.29, 0.717) is 133 Å². The summed E-state index contributed by atoms with van der Waals surface area (Å²) in [5.41, 5.74) is 8.01. The van der Waals surface area contributed by atoms with Gasteiger partial charge in [0.1, 0.15) is 28.6 Å². The number of nitrogens with one attached hydrogen (secondary N) is 1. The Labute approximate surface area is 822 Å². The first-order valence-corrected chi connectivity index (χ1v) is 49.9. The van der Waals surface area contributed by atoms with Crippen molar-refractivity contribution in [2.75, 3.05) is 53.7 Å². The minimum absolute atomic E-state index is 0.0581. The van der Waals surface area contributed by atoms with Gasteiger partial charge in [0, 0.05) is 93.5 Å². The Bertz CT molecular complexity index is 5880. The van der Waals surface area contributed by atoms with Crippen molar-refractivity contribution in [3.05, 3.63) is 273 Å². The van der Waals surface area contributed by atoms with Crippen molar-refractivity contribution in [1.29, 1.82) is 10.5 Å². The Balaban J connectivity index is 0.000000240. The summed E-state index contributed by atoms with van der Waals surface area (Å²) < 4.78 is 74.8. The molecule has 6 atom stereocenters. The molecule has 21 nitrogen and oxygen atoms in total. The number of ether oxygens (including phenoxy) is 7. The van der Waals surface area contributed by atoms with Crippen LogP contribution in [-0.2, 0) is 71.5 Å². The number of likely N-dealkylation sites (tertiary alicyclic amines) is 1. The number of unbranched alkanes of at least 4 members (excludes halogenated alkanes) is 3. The number of carbonyl (C=O) groups excluding carboxylic acids is 4. The highest BCUT2D eigenvalue weighted by molar-refractivity contribution is 7.44. The lowest BCUT2D eigenvalue weighted by Crippen LogP contribution is -2.42. The first kappa shape index (κ1) is 102. The van der Waals surface area contributed by atoms with Gasteiger partial charge in [-0.3, -0.25) is 9.59 Å². The van der Waals surface area contributed by atoms with Gasteiger partial charge in [0.05, 0.1) is 119 Å². The number of fused-ring (bicyclic) bond motifs is 12. The molecular weight excluding hydrogens is 1890 g/mol. The molecule has 0 saturated carbocycles. The summed E-state index contributed by atoms with van der Waals surface area (Å²) in [7, 11) is 0.365. The molecule has 0 radical (unpaired) electrons. The summed E-state index contributed by atoms with van der Waals surface area (Å²) in [6.45, 7) is 30.2. The smallest absolute Gasteiger partial charge is 0.340 e. The summed E-state index contributed by atoms with van der Waals surface area (Å²) in [6, 6.07) is 43.8. The van der Waals surface area contributed by atoms with Gasteiger partial charge in [0.25, 0.3) is 17.1 Å². The van der Waals surface area contributed by atoms with Crippen LogP contribution in [0.2, 0.25) is 40.2 Å². The van der Waals surface area contributed by atoms with Crippen LogP contribution in [0, 0.1) is 64.2 Å². The van der Waals surface area contributed by atoms with Crippen molar-refractivity contribution < 1.29 is 70.4 Å². The zero-order chi connectivity index (χ0) is 96.0. The van der Waals surface area contributed by atoms with Crippen molar-refractivity contribution >= 4 is 134 Å². The number of benzene rings is 9. The molecule has 14 rings (SSSR count). The van der Waals surface area contributed by atoms with Crippen LogP contribution in [0.3, 0.4) is 0 Å². The molecule has 0 aromatic heterocycles. The van der Waals surface area contributed by atoms with Gasteiger partial charge in [0.15, 0.2) is 22.7 Å². The number of hydrogen-bond donors (Lipinski definition) is 1. The number of carbonyl (C=O) groups is 4. The molecule has 5 heterocycles. The van der Waals surface area contributed by atoms with E-state index in [0.717, 1.165) is 81.3 Å². The number of nitriles is 2. The van der Waals surface area contributed by atoms with Crippen LogP contribution in [-0.4, -0.2) is 128 Å². The third kappa shape index (κ3) is 20.9. The molecule has 5 aliphatic heterocycles.